The molecule has 0 radical (unpaired) electrons. The van der Waals surface area contributed by atoms with Crippen molar-refractivity contribution in [3.05, 3.63) is 34.1 Å². The van der Waals surface area contributed by atoms with Crippen LogP contribution in [0, 0.1) is 5.82 Å². The Morgan fingerprint density at radius 2 is 2.00 bits per heavy atom. The molecule has 2 rings (SSSR count). The Morgan fingerprint density at radius 3 is 2.60 bits per heavy atom. The van der Waals surface area contributed by atoms with Crippen LogP contribution in [-0.2, 0) is 0 Å². The first-order valence-electron chi connectivity index (χ1n) is 7.01. The van der Waals surface area contributed by atoms with Crippen LogP contribution >= 0.6 is 15.9 Å². The fourth-order valence-corrected chi connectivity index (χ4v) is 2.82. The molecule has 1 aliphatic heterocycles. The number of carbonyl (C=O) groups is 1. The highest BCUT2D eigenvalue weighted by Crippen LogP contribution is 2.18. The fourth-order valence-electron chi connectivity index (χ4n) is 2.46. The Bertz CT molecular complexity index is 487. The molecule has 1 amide bonds. The summed E-state index contributed by atoms with van der Waals surface area (Å²) in [5.41, 5.74) is 0.149. The number of amides is 1. The normalized spacial score (nSPS) is 18.1. The third-order valence-corrected chi connectivity index (χ3v) is 4.47. The average Bonchev–Trinajstić information content (AvgIpc) is 2.48. The monoisotopic (exact) mass is 342 g/mol. The lowest BCUT2D eigenvalue weighted by Crippen LogP contribution is -2.51. The van der Waals surface area contributed by atoms with Gasteiger partial charge >= 0.3 is 0 Å². The second kappa shape index (κ2) is 6.68. The summed E-state index contributed by atoms with van der Waals surface area (Å²) < 4.78 is 14.5. The summed E-state index contributed by atoms with van der Waals surface area (Å²) in [7, 11) is 0. The van der Waals surface area contributed by atoms with Gasteiger partial charge < -0.3 is 4.90 Å². The quantitative estimate of drug-likeness (QED) is 0.842. The molecule has 1 saturated heterocycles. The third kappa shape index (κ3) is 3.38. The van der Waals surface area contributed by atoms with Gasteiger partial charge in [-0.3, -0.25) is 9.69 Å². The number of rotatable bonds is 3. The molecule has 3 nitrogen and oxygen atoms in total. The first-order chi connectivity index (χ1) is 9.52. The van der Waals surface area contributed by atoms with Crippen LogP contribution in [0.15, 0.2) is 22.7 Å². The van der Waals surface area contributed by atoms with Crippen LogP contribution in [-0.4, -0.2) is 47.9 Å². The predicted octanol–water partition coefficient (Wildman–Crippen LogP) is 3.14. The van der Waals surface area contributed by atoms with Crippen LogP contribution in [0.2, 0.25) is 0 Å². The largest absolute Gasteiger partial charge is 0.336 e. The van der Waals surface area contributed by atoms with Crippen LogP contribution in [0.25, 0.3) is 0 Å². The number of halogens is 2. The molecule has 1 heterocycles. The van der Waals surface area contributed by atoms with Gasteiger partial charge in [0.25, 0.3) is 5.91 Å². The van der Waals surface area contributed by atoms with Crippen molar-refractivity contribution in [2.75, 3.05) is 26.2 Å². The van der Waals surface area contributed by atoms with Gasteiger partial charge in [-0.2, -0.15) is 0 Å². The highest BCUT2D eigenvalue weighted by Gasteiger charge is 2.25. The molecular weight excluding hydrogens is 323 g/mol. The molecule has 1 aromatic rings. The van der Waals surface area contributed by atoms with Gasteiger partial charge in [0.05, 0.1) is 5.56 Å². The van der Waals surface area contributed by atoms with E-state index in [4.69, 9.17) is 0 Å². The highest BCUT2D eigenvalue weighted by atomic mass is 79.9. The van der Waals surface area contributed by atoms with Crippen molar-refractivity contribution in [3.63, 3.8) is 0 Å². The van der Waals surface area contributed by atoms with Crippen molar-refractivity contribution in [2.24, 2.45) is 0 Å². The topological polar surface area (TPSA) is 23.6 Å². The number of piperazine rings is 1. The molecule has 0 aromatic heterocycles. The average molecular weight is 343 g/mol. The molecule has 5 heteroatoms. The van der Waals surface area contributed by atoms with E-state index >= 15 is 0 Å². The van der Waals surface area contributed by atoms with Gasteiger partial charge in [0.15, 0.2) is 0 Å². The summed E-state index contributed by atoms with van der Waals surface area (Å²) in [6.07, 6.45) is 1.11. The van der Waals surface area contributed by atoms with Crippen LogP contribution in [0.1, 0.15) is 30.6 Å². The Hall–Kier alpha value is -0.940. The summed E-state index contributed by atoms with van der Waals surface area (Å²) >= 11 is 3.28. The zero-order valence-electron chi connectivity index (χ0n) is 11.9. The van der Waals surface area contributed by atoms with Gasteiger partial charge in [-0.1, -0.05) is 22.9 Å². The van der Waals surface area contributed by atoms with Gasteiger partial charge in [0.1, 0.15) is 5.82 Å². The van der Waals surface area contributed by atoms with E-state index in [1.54, 1.807) is 17.0 Å². The standard InChI is InChI=1S/C15H20BrFN2O/c1-3-11(2)18-6-8-19(9-7-18)15(20)13-10-12(16)4-5-14(13)17/h4-5,10-11H,3,6-9H2,1-2H3. The first-order valence-corrected chi connectivity index (χ1v) is 7.80. The molecule has 0 saturated carbocycles. The summed E-state index contributed by atoms with van der Waals surface area (Å²) in [5.74, 6) is -0.671. The van der Waals surface area contributed by atoms with E-state index in [2.05, 4.69) is 34.7 Å². The Balaban J connectivity index is 2.03. The van der Waals surface area contributed by atoms with E-state index in [1.807, 2.05) is 0 Å². The van der Waals surface area contributed by atoms with Gasteiger partial charge in [-0.05, 0) is 31.5 Å². The molecule has 1 fully saturated rings. The van der Waals surface area contributed by atoms with Crippen LogP contribution in [0.3, 0.4) is 0 Å². The zero-order valence-corrected chi connectivity index (χ0v) is 13.5. The second-order valence-corrected chi connectivity index (χ2v) is 6.13. The highest BCUT2D eigenvalue weighted by molar-refractivity contribution is 9.10. The van der Waals surface area contributed by atoms with E-state index in [1.165, 1.54) is 6.07 Å². The predicted molar refractivity (Wildman–Crippen MR) is 81.3 cm³/mol. The molecule has 0 N–H and O–H groups in total. The van der Waals surface area contributed by atoms with Crippen molar-refractivity contribution < 1.29 is 9.18 Å². The lowest BCUT2D eigenvalue weighted by molar-refractivity contribution is 0.0575. The SMILES string of the molecule is CCC(C)N1CCN(C(=O)c2cc(Br)ccc2F)CC1. The minimum Gasteiger partial charge on any atom is -0.336 e. The molecule has 1 atom stereocenters. The smallest absolute Gasteiger partial charge is 0.256 e. The molecule has 1 unspecified atom stereocenters. The second-order valence-electron chi connectivity index (χ2n) is 5.21. The van der Waals surface area contributed by atoms with Gasteiger partial charge in [0, 0.05) is 36.7 Å². The number of hydrogen-bond donors (Lipinski definition) is 0. The molecule has 0 spiro atoms. The van der Waals surface area contributed by atoms with Crippen molar-refractivity contribution in [2.45, 2.75) is 26.3 Å². The van der Waals surface area contributed by atoms with Crippen LogP contribution < -0.4 is 0 Å². The molecule has 1 aromatic carbocycles. The summed E-state index contributed by atoms with van der Waals surface area (Å²) in [6, 6.07) is 5.02. The lowest BCUT2D eigenvalue weighted by Gasteiger charge is -2.37. The minimum atomic E-state index is -0.456. The zero-order chi connectivity index (χ0) is 14.7. The third-order valence-electron chi connectivity index (χ3n) is 3.97. The Kier molecular flexibility index (Phi) is 5.16. The van der Waals surface area contributed by atoms with Gasteiger partial charge in [0.2, 0.25) is 0 Å². The van der Waals surface area contributed by atoms with Crippen molar-refractivity contribution >= 4 is 21.8 Å². The lowest BCUT2D eigenvalue weighted by atomic mass is 10.1. The van der Waals surface area contributed by atoms with Crippen molar-refractivity contribution in [3.8, 4) is 0 Å². The molecule has 0 bridgehead atoms. The van der Waals surface area contributed by atoms with E-state index < -0.39 is 5.82 Å². The first kappa shape index (κ1) is 15.4. The van der Waals surface area contributed by atoms with Crippen molar-refractivity contribution in [1.29, 1.82) is 0 Å². The number of benzene rings is 1. The van der Waals surface area contributed by atoms with E-state index in [-0.39, 0.29) is 11.5 Å². The van der Waals surface area contributed by atoms with Crippen LogP contribution in [0.5, 0.6) is 0 Å². The Labute approximate surface area is 127 Å². The number of hydrogen-bond acceptors (Lipinski definition) is 2. The summed E-state index contributed by atoms with van der Waals surface area (Å²) in [6.45, 7) is 7.40. The van der Waals surface area contributed by atoms with E-state index in [0.717, 1.165) is 24.0 Å². The van der Waals surface area contributed by atoms with Crippen molar-refractivity contribution in [1.82, 2.24) is 9.80 Å². The van der Waals surface area contributed by atoms with Crippen LogP contribution in [0.4, 0.5) is 4.39 Å². The maximum atomic E-state index is 13.8. The van der Waals surface area contributed by atoms with Gasteiger partial charge in [-0.25, -0.2) is 4.39 Å². The minimum absolute atomic E-state index is 0.149. The van der Waals surface area contributed by atoms with E-state index in [9.17, 15) is 9.18 Å². The Morgan fingerprint density at radius 1 is 1.35 bits per heavy atom. The summed E-state index contributed by atoms with van der Waals surface area (Å²) in [5, 5.41) is 0. The number of carbonyl (C=O) groups excluding carboxylic acids is 1. The van der Waals surface area contributed by atoms with Gasteiger partial charge in [-0.15, -0.1) is 0 Å². The fraction of sp³-hybridized carbons (Fsp3) is 0.533. The number of nitrogens with zero attached hydrogens (tertiary/aromatic N) is 2. The molecule has 1 aliphatic rings. The molecule has 20 heavy (non-hydrogen) atoms. The summed E-state index contributed by atoms with van der Waals surface area (Å²) in [4.78, 5) is 16.5. The molecular formula is C15H20BrFN2O. The maximum absolute atomic E-state index is 13.8. The molecule has 110 valence electrons. The molecule has 0 aliphatic carbocycles. The van der Waals surface area contributed by atoms with E-state index in [0.29, 0.717) is 19.1 Å². The maximum Gasteiger partial charge on any atom is 0.256 e.